The van der Waals surface area contributed by atoms with E-state index in [9.17, 15) is 4.79 Å². The summed E-state index contributed by atoms with van der Waals surface area (Å²) in [5, 5.41) is 3.21. The van der Waals surface area contributed by atoms with E-state index in [4.69, 9.17) is 16.3 Å². The minimum absolute atomic E-state index is 0.253. The minimum atomic E-state index is -0.253. The molecule has 0 aliphatic heterocycles. The summed E-state index contributed by atoms with van der Waals surface area (Å²) in [5.74, 6) is 0.415. The summed E-state index contributed by atoms with van der Waals surface area (Å²) >= 11 is 5.99. The van der Waals surface area contributed by atoms with Crippen molar-refractivity contribution in [3.05, 3.63) is 71.8 Å². The standard InChI is InChI=1S/C16H14ClNO2/c1-2-10-20-13-7-5-6-12(11-13)18-16(19)14-8-3-4-9-15(14)17/h2-9,11H,1,10H2,(H,18,19). The monoisotopic (exact) mass is 287 g/mol. The molecule has 0 aromatic heterocycles. The SMILES string of the molecule is C=CCOc1cccc(NC(=O)c2ccccc2Cl)c1. The Morgan fingerprint density at radius 1 is 1.25 bits per heavy atom. The molecule has 0 aliphatic rings. The van der Waals surface area contributed by atoms with Crippen molar-refractivity contribution in [1.82, 2.24) is 0 Å². The molecule has 0 spiro atoms. The predicted molar refractivity (Wildman–Crippen MR) is 81.5 cm³/mol. The lowest BCUT2D eigenvalue weighted by Crippen LogP contribution is -2.12. The highest BCUT2D eigenvalue weighted by Crippen LogP contribution is 2.20. The van der Waals surface area contributed by atoms with E-state index in [-0.39, 0.29) is 5.91 Å². The maximum Gasteiger partial charge on any atom is 0.257 e. The van der Waals surface area contributed by atoms with Crippen molar-refractivity contribution in [2.24, 2.45) is 0 Å². The number of nitrogens with one attached hydrogen (secondary N) is 1. The van der Waals surface area contributed by atoms with Crippen LogP contribution in [0.15, 0.2) is 61.2 Å². The molecule has 0 unspecified atom stereocenters. The van der Waals surface area contributed by atoms with Gasteiger partial charge in [0.05, 0.1) is 10.6 Å². The maximum absolute atomic E-state index is 12.1. The summed E-state index contributed by atoms with van der Waals surface area (Å²) in [7, 11) is 0. The van der Waals surface area contributed by atoms with Gasteiger partial charge in [0.15, 0.2) is 0 Å². The highest BCUT2D eigenvalue weighted by atomic mass is 35.5. The smallest absolute Gasteiger partial charge is 0.257 e. The Labute approximate surface area is 122 Å². The number of hydrogen-bond donors (Lipinski definition) is 1. The van der Waals surface area contributed by atoms with Gasteiger partial charge in [-0.15, -0.1) is 0 Å². The molecule has 1 N–H and O–H groups in total. The first-order valence-corrected chi connectivity index (χ1v) is 6.48. The van der Waals surface area contributed by atoms with E-state index in [0.717, 1.165) is 0 Å². The Balaban J connectivity index is 2.12. The van der Waals surface area contributed by atoms with Crippen molar-refractivity contribution in [2.45, 2.75) is 0 Å². The van der Waals surface area contributed by atoms with Crippen LogP contribution in [-0.2, 0) is 0 Å². The Morgan fingerprint density at radius 3 is 2.80 bits per heavy atom. The molecule has 0 heterocycles. The highest BCUT2D eigenvalue weighted by molar-refractivity contribution is 6.34. The van der Waals surface area contributed by atoms with E-state index >= 15 is 0 Å². The van der Waals surface area contributed by atoms with E-state index in [1.165, 1.54) is 0 Å². The molecular weight excluding hydrogens is 274 g/mol. The fraction of sp³-hybridized carbons (Fsp3) is 0.0625. The third kappa shape index (κ3) is 3.62. The zero-order valence-corrected chi connectivity index (χ0v) is 11.6. The molecular formula is C16H14ClNO2. The van der Waals surface area contributed by atoms with Gasteiger partial charge in [-0.1, -0.05) is 42.5 Å². The summed E-state index contributed by atoms with van der Waals surface area (Å²) in [6, 6.07) is 14.1. The summed E-state index contributed by atoms with van der Waals surface area (Å²) in [4.78, 5) is 12.1. The molecule has 2 aromatic carbocycles. The Hall–Kier alpha value is -2.26. The fourth-order valence-electron chi connectivity index (χ4n) is 1.66. The maximum atomic E-state index is 12.1. The van der Waals surface area contributed by atoms with Crippen molar-refractivity contribution in [1.29, 1.82) is 0 Å². The van der Waals surface area contributed by atoms with Crippen molar-refractivity contribution in [3.63, 3.8) is 0 Å². The Bertz CT molecular complexity index is 625. The van der Waals surface area contributed by atoms with Crippen LogP contribution in [-0.4, -0.2) is 12.5 Å². The van der Waals surface area contributed by atoms with Gasteiger partial charge in [0.1, 0.15) is 12.4 Å². The number of ether oxygens (including phenoxy) is 1. The average Bonchev–Trinajstić information content (AvgIpc) is 2.46. The third-order valence-corrected chi connectivity index (χ3v) is 2.91. The molecule has 0 saturated carbocycles. The molecule has 0 atom stereocenters. The lowest BCUT2D eigenvalue weighted by atomic mass is 10.2. The van der Waals surface area contributed by atoms with Gasteiger partial charge < -0.3 is 10.1 Å². The number of carbonyl (C=O) groups excluding carboxylic acids is 1. The number of hydrogen-bond acceptors (Lipinski definition) is 2. The molecule has 0 saturated heterocycles. The molecule has 102 valence electrons. The molecule has 4 heteroatoms. The van der Waals surface area contributed by atoms with Gasteiger partial charge in [-0.25, -0.2) is 0 Å². The quantitative estimate of drug-likeness (QED) is 0.839. The molecule has 0 aliphatic carbocycles. The predicted octanol–water partition coefficient (Wildman–Crippen LogP) is 4.16. The second kappa shape index (κ2) is 6.78. The summed E-state index contributed by atoms with van der Waals surface area (Å²) in [6.45, 7) is 4.01. The van der Waals surface area contributed by atoms with Gasteiger partial charge in [0.2, 0.25) is 0 Å². The molecule has 2 aromatic rings. The summed E-state index contributed by atoms with van der Waals surface area (Å²) in [5.41, 5.74) is 1.09. The second-order valence-electron chi connectivity index (χ2n) is 4.06. The largest absolute Gasteiger partial charge is 0.489 e. The number of carbonyl (C=O) groups is 1. The van der Waals surface area contributed by atoms with Gasteiger partial charge in [-0.3, -0.25) is 4.79 Å². The number of halogens is 1. The van der Waals surface area contributed by atoms with Crippen LogP contribution in [0.25, 0.3) is 0 Å². The topological polar surface area (TPSA) is 38.3 Å². The van der Waals surface area contributed by atoms with Gasteiger partial charge >= 0.3 is 0 Å². The molecule has 0 bridgehead atoms. The van der Waals surface area contributed by atoms with Crippen molar-refractivity contribution >= 4 is 23.2 Å². The van der Waals surface area contributed by atoms with Crippen LogP contribution in [0.4, 0.5) is 5.69 Å². The van der Waals surface area contributed by atoms with Gasteiger partial charge in [-0.05, 0) is 24.3 Å². The van der Waals surface area contributed by atoms with Crippen molar-refractivity contribution < 1.29 is 9.53 Å². The van der Waals surface area contributed by atoms with Crippen molar-refractivity contribution in [2.75, 3.05) is 11.9 Å². The van der Waals surface area contributed by atoms with Crippen LogP contribution in [0.5, 0.6) is 5.75 Å². The van der Waals surface area contributed by atoms with Gasteiger partial charge in [0, 0.05) is 11.8 Å². The first-order chi connectivity index (χ1) is 9.70. The minimum Gasteiger partial charge on any atom is -0.489 e. The average molecular weight is 288 g/mol. The third-order valence-electron chi connectivity index (χ3n) is 2.58. The summed E-state index contributed by atoms with van der Waals surface area (Å²) in [6.07, 6.45) is 1.66. The van der Waals surface area contributed by atoms with Gasteiger partial charge in [-0.2, -0.15) is 0 Å². The second-order valence-corrected chi connectivity index (χ2v) is 4.47. The van der Waals surface area contributed by atoms with Crippen LogP contribution in [0, 0.1) is 0 Å². The molecule has 1 amide bonds. The van der Waals surface area contributed by atoms with Crippen LogP contribution >= 0.6 is 11.6 Å². The van der Waals surface area contributed by atoms with E-state index in [0.29, 0.717) is 28.6 Å². The molecule has 0 radical (unpaired) electrons. The lowest BCUT2D eigenvalue weighted by Gasteiger charge is -2.08. The van der Waals surface area contributed by atoms with E-state index < -0.39 is 0 Å². The van der Waals surface area contributed by atoms with E-state index in [1.54, 1.807) is 48.5 Å². The Morgan fingerprint density at radius 2 is 2.05 bits per heavy atom. The number of amides is 1. The molecule has 3 nitrogen and oxygen atoms in total. The molecule has 0 fully saturated rings. The highest BCUT2D eigenvalue weighted by Gasteiger charge is 2.09. The van der Waals surface area contributed by atoms with Crippen LogP contribution in [0.2, 0.25) is 5.02 Å². The number of anilines is 1. The zero-order valence-electron chi connectivity index (χ0n) is 10.8. The first-order valence-electron chi connectivity index (χ1n) is 6.10. The molecule has 2 rings (SSSR count). The van der Waals surface area contributed by atoms with Crippen LogP contribution in [0.3, 0.4) is 0 Å². The summed E-state index contributed by atoms with van der Waals surface area (Å²) < 4.78 is 5.41. The van der Waals surface area contributed by atoms with E-state index in [1.807, 2.05) is 6.07 Å². The van der Waals surface area contributed by atoms with Gasteiger partial charge in [0.25, 0.3) is 5.91 Å². The molecule has 20 heavy (non-hydrogen) atoms. The normalized spacial score (nSPS) is 9.85. The number of rotatable bonds is 5. The van der Waals surface area contributed by atoms with Crippen LogP contribution < -0.4 is 10.1 Å². The van der Waals surface area contributed by atoms with Crippen LogP contribution in [0.1, 0.15) is 10.4 Å². The first kappa shape index (κ1) is 14.2. The fourth-order valence-corrected chi connectivity index (χ4v) is 1.88. The Kier molecular flexibility index (Phi) is 4.80. The number of benzene rings is 2. The zero-order chi connectivity index (χ0) is 14.4. The van der Waals surface area contributed by atoms with E-state index in [2.05, 4.69) is 11.9 Å². The lowest BCUT2D eigenvalue weighted by molar-refractivity contribution is 0.102. The van der Waals surface area contributed by atoms with Crippen molar-refractivity contribution in [3.8, 4) is 5.75 Å².